The molecule has 0 aliphatic carbocycles. The van der Waals surface area contributed by atoms with E-state index in [4.69, 9.17) is 4.74 Å². The summed E-state index contributed by atoms with van der Waals surface area (Å²) in [7, 11) is 1.54. The number of methoxy groups -OCH3 is 1. The van der Waals surface area contributed by atoms with Gasteiger partial charge in [0.05, 0.1) is 7.11 Å². The summed E-state index contributed by atoms with van der Waals surface area (Å²) in [5.41, 5.74) is 0.813. The van der Waals surface area contributed by atoms with Crippen LogP contribution in [-0.4, -0.2) is 18.0 Å². The highest BCUT2D eigenvalue weighted by molar-refractivity contribution is 6.07. The van der Waals surface area contributed by atoms with Crippen LogP contribution >= 0.6 is 0 Å². The number of aliphatic hydroxyl groups excluding tert-OH is 1. The van der Waals surface area contributed by atoms with Gasteiger partial charge < -0.3 is 9.84 Å². The van der Waals surface area contributed by atoms with Crippen molar-refractivity contribution in [2.75, 3.05) is 7.11 Å². The maximum Gasteiger partial charge on any atom is 0.189 e. The highest BCUT2D eigenvalue weighted by Crippen LogP contribution is 2.17. The molecule has 3 nitrogen and oxygen atoms in total. The van der Waals surface area contributed by atoms with Crippen LogP contribution in [-0.2, 0) is 0 Å². The highest BCUT2D eigenvalue weighted by atomic mass is 19.1. The molecular weight excluding hydrogens is 259 g/mol. The molecule has 0 saturated heterocycles. The third kappa shape index (κ3) is 3.23. The Morgan fingerprint density at radius 1 is 1.05 bits per heavy atom. The Labute approximate surface area is 115 Å². The SMILES string of the molecule is COc1ccc(/C(O)=C/C(=O)c2ccc(F)cc2)cc1. The number of allylic oxidation sites excluding steroid dienone is 1. The fourth-order valence-corrected chi connectivity index (χ4v) is 1.67. The van der Waals surface area contributed by atoms with E-state index in [1.165, 1.54) is 24.3 Å². The van der Waals surface area contributed by atoms with E-state index in [1.54, 1.807) is 31.4 Å². The van der Waals surface area contributed by atoms with Crippen molar-refractivity contribution >= 4 is 11.5 Å². The van der Waals surface area contributed by atoms with Crippen LogP contribution in [0.4, 0.5) is 4.39 Å². The summed E-state index contributed by atoms with van der Waals surface area (Å²) in [5, 5.41) is 9.90. The van der Waals surface area contributed by atoms with Gasteiger partial charge in [-0.2, -0.15) is 0 Å². The van der Waals surface area contributed by atoms with Crippen molar-refractivity contribution in [3.63, 3.8) is 0 Å². The first kappa shape index (κ1) is 13.8. The Bertz CT molecular complexity index is 628. The lowest BCUT2D eigenvalue weighted by Gasteiger charge is -2.03. The van der Waals surface area contributed by atoms with Crippen LogP contribution in [0.2, 0.25) is 0 Å². The third-order valence-corrected chi connectivity index (χ3v) is 2.78. The van der Waals surface area contributed by atoms with Gasteiger partial charge in [-0.25, -0.2) is 4.39 Å². The minimum absolute atomic E-state index is 0.151. The first-order chi connectivity index (χ1) is 9.60. The molecule has 0 aliphatic rings. The van der Waals surface area contributed by atoms with Crippen molar-refractivity contribution in [2.45, 2.75) is 0 Å². The van der Waals surface area contributed by atoms with Gasteiger partial charge in [0.1, 0.15) is 17.3 Å². The molecule has 0 atom stereocenters. The zero-order chi connectivity index (χ0) is 14.5. The van der Waals surface area contributed by atoms with Gasteiger partial charge in [-0.05, 0) is 48.5 Å². The van der Waals surface area contributed by atoms with Crippen molar-refractivity contribution in [3.8, 4) is 5.75 Å². The number of benzene rings is 2. The van der Waals surface area contributed by atoms with Gasteiger partial charge >= 0.3 is 0 Å². The fraction of sp³-hybridized carbons (Fsp3) is 0.0625. The molecular formula is C16H13FO3. The number of hydrogen-bond acceptors (Lipinski definition) is 3. The lowest BCUT2D eigenvalue weighted by molar-refractivity contribution is 0.104. The average Bonchev–Trinajstić information content (AvgIpc) is 2.48. The van der Waals surface area contributed by atoms with Crippen LogP contribution in [0.25, 0.3) is 5.76 Å². The predicted octanol–water partition coefficient (Wildman–Crippen LogP) is 3.62. The number of carbonyl (C=O) groups excluding carboxylic acids is 1. The summed E-state index contributed by atoms with van der Waals surface area (Å²) in [5.74, 6) is -0.295. The first-order valence-electron chi connectivity index (χ1n) is 5.95. The maximum atomic E-state index is 12.8. The van der Waals surface area contributed by atoms with E-state index in [0.29, 0.717) is 16.9 Å². The second-order valence-corrected chi connectivity index (χ2v) is 4.13. The third-order valence-electron chi connectivity index (χ3n) is 2.78. The molecule has 4 heteroatoms. The molecule has 0 aliphatic heterocycles. The van der Waals surface area contributed by atoms with E-state index < -0.39 is 11.6 Å². The van der Waals surface area contributed by atoms with Gasteiger partial charge in [-0.3, -0.25) is 4.79 Å². The van der Waals surface area contributed by atoms with E-state index in [-0.39, 0.29) is 5.76 Å². The lowest BCUT2D eigenvalue weighted by Crippen LogP contribution is -1.96. The minimum Gasteiger partial charge on any atom is -0.507 e. The smallest absolute Gasteiger partial charge is 0.189 e. The molecule has 0 heterocycles. The molecule has 0 radical (unpaired) electrons. The Morgan fingerprint density at radius 2 is 1.60 bits per heavy atom. The van der Waals surface area contributed by atoms with Crippen LogP contribution in [0, 0.1) is 5.82 Å². The van der Waals surface area contributed by atoms with E-state index in [0.717, 1.165) is 6.08 Å². The average molecular weight is 272 g/mol. The van der Waals surface area contributed by atoms with Crippen LogP contribution < -0.4 is 4.74 Å². The molecule has 2 rings (SSSR count). The zero-order valence-corrected chi connectivity index (χ0v) is 10.8. The molecule has 2 aromatic rings. The summed E-state index contributed by atoms with van der Waals surface area (Å²) >= 11 is 0. The van der Waals surface area contributed by atoms with Gasteiger partial charge in [0.25, 0.3) is 0 Å². The molecule has 0 fully saturated rings. The van der Waals surface area contributed by atoms with E-state index in [1.807, 2.05) is 0 Å². The van der Waals surface area contributed by atoms with Gasteiger partial charge in [-0.15, -0.1) is 0 Å². The molecule has 0 unspecified atom stereocenters. The number of hydrogen-bond donors (Lipinski definition) is 1. The van der Waals surface area contributed by atoms with E-state index in [2.05, 4.69) is 0 Å². The molecule has 0 spiro atoms. The summed E-state index contributed by atoms with van der Waals surface area (Å²) in [6, 6.07) is 11.8. The van der Waals surface area contributed by atoms with Crippen molar-refractivity contribution in [1.82, 2.24) is 0 Å². The Kier molecular flexibility index (Phi) is 4.15. The highest BCUT2D eigenvalue weighted by Gasteiger charge is 2.06. The molecule has 1 N–H and O–H groups in total. The van der Waals surface area contributed by atoms with Gasteiger partial charge in [0.2, 0.25) is 0 Å². The lowest BCUT2D eigenvalue weighted by atomic mass is 10.1. The van der Waals surface area contributed by atoms with Crippen molar-refractivity contribution in [2.24, 2.45) is 0 Å². The summed E-state index contributed by atoms with van der Waals surface area (Å²) in [6.07, 6.45) is 1.11. The number of carbonyl (C=O) groups is 1. The molecule has 0 aromatic heterocycles. The van der Waals surface area contributed by atoms with Crippen LogP contribution in [0.5, 0.6) is 5.75 Å². The number of halogens is 1. The molecule has 0 saturated carbocycles. The van der Waals surface area contributed by atoms with Gasteiger partial charge in [-0.1, -0.05) is 0 Å². The predicted molar refractivity (Wildman–Crippen MR) is 74.3 cm³/mol. The van der Waals surface area contributed by atoms with Crippen LogP contribution in [0.3, 0.4) is 0 Å². The molecule has 0 amide bonds. The number of ether oxygens (including phenoxy) is 1. The monoisotopic (exact) mass is 272 g/mol. The zero-order valence-electron chi connectivity index (χ0n) is 10.8. The van der Waals surface area contributed by atoms with Crippen molar-refractivity contribution in [1.29, 1.82) is 0 Å². The summed E-state index contributed by atoms with van der Waals surface area (Å²) in [4.78, 5) is 11.9. The summed E-state index contributed by atoms with van der Waals surface area (Å²) < 4.78 is 17.8. The van der Waals surface area contributed by atoms with Gasteiger partial charge in [0.15, 0.2) is 5.78 Å². The molecule has 0 bridgehead atoms. The Hall–Kier alpha value is -2.62. The molecule has 102 valence electrons. The van der Waals surface area contributed by atoms with Crippen molar-refractivity contribution in [3.05, 3.63) is 71.6 Å². The second-order valence-electron chi connectivity index (χ2n) is 4.13. The molecule has 2 aromatic carbocycles. The van der Waals surface area contributed by atoms with Crippen LogP contribution in [0.1, 0.15) is 15.9 Å². The first-order valence-corrected chi connectivity index (χ1v) is 5.95. The van der Waals surface area contributed by atoms with Crippen molar-refractivity contribution < 1.29 is 19.0 Å². The number of rotatable bonds is 4. The Morgan fingerprint density at radius 3 is 2.15 bits per heavy atom. The minimum atomic E-state index is -0.412. The molecule has 20 heavy (non-hydrogen) atoms. The second kappa shape index (κ2) is 6.02. The largest absolute Gasteiger partial charge is 0.507 e. The number of ketones is 1. The topological polar surface area (TPSA) is 46.5 Å². The van der Waals surface area contributed by atoms with E-state index in [9.17, 15) is 14.3 Å². The fourth-order valence-electron chi connectivity index (χ4n) is 1.67. The quantitative estimate of drug-likeness (QED) is 0.525. The Balaban J connectivity index is 2.20. The van der Waals surface area contributed by atoms with Crippen LogP contribution in [0.15, 0.2) is 54.6 Å². The normalized spacial score (nSPS) is 11.2. The van der Waals surface area contributed by atoms with Gasteiger partial charge in [0, 0.05) is 17.2 Å². The number of aliphatic hydroxyl groups is 1. The van der Waals surface area contributed by atoms with E-state index >= 15 is 0 Å². The summed E-state index contributed by atoms with van der Waals surface area (Å²) in [6.45, 7) is 0. The standard InChI is InChI=1S/C16H13FO3/c1-20-14-8-4-12(5-9-14)16(19)10-15(18)11-2-6-13(17)7-3-11/h2-10,19H,1H3/b16-10-. The maximum absolute atomic E-state index is 12.8.